The molecule has 0 fully saturated rings. The monoisotopic (exact) mass is 560 g/mol. The van der Waals surface area contributed by atoms with Crippen molar-refractivity contribution in [2.24, 2.45) is 0 Å². The van der Waals surface area contributed by atoms with Gasteiger partial charge in [0.25, 0.3) is 0 Å². The molecule has 0 N–H and O–H groups in total. The first-order valence-corrected chi connectivity index (χ1v) is 15.1. The Hall–Kier alpha value is -4.91. The van der Waals surface area contributed by atoms with E-state index >= 15 is 0 Å². The molecule has 0 bridgehead atoms. The molecule has 0 unspecified atom stereocenters. The average molecular weight is 561 g/mol. The number of benzene rings is 4. The lowest BCUT2D eigenvalue weighted by Gasteiger charge is -2.08. The molecule has 6 heteroatoms. The summed E-state index contributed by atoms with van der Waals surface area (Å²) in [4.78, 5) is 11.1. The second kappa shape index (κ2) is 8.80. The maximum absolute atomic E-state index is 5.31. The lowest BCUT2D eigenvalue weighted by molar-refractivity contribution is 0.966. The highest BCUT2D eigenvalue weighted by atomic mass is 32.1. The van der Waals surface area contributed by atoms with Gasteiger partial charge in [0.1, 0.15) is 4.83 Å². The summed E-state index contributed by atoms with van der Waals surface area (Å²) < 4.78 is 5.71. The number of nitrogens with zero attached hydrogens (tertiary/aromatic N) is 4. The quantitative estimate of drug-likeness (QED) is 0.216. The van der Waals surface area contributed by atoms with Gasteiger partial charge in [-0.1, -0.05) is 91.0 Å². The largest absolute Gasteiger partial charge is 0.236 e. The van der Waals surface area contributed by atoms with Crippen molar-refractivity contribution < 1.29 is 0 Å². The minimum Gasteiger partial charge on any atom is -0.236 e. The zero-order valence-corrected chi connectivity index (χ0v) is 23.3. The fourth-order valence-electron chi connectivity index (χ4n) is 5.74. The first-order chi connectivity index (χ1) is 20.3. The molecule has 0 aliphatic rings. The van der Waals surface area contributed by atoms with Crippen molar-refractivity contribution in [2.45, 2.75) is 0 Å². The van der Waals surface area contributed by atoms with E-state index in [0.29, 0.717) is 0 Å². The molecule has 0 amide bonds. The van der Waals surface area contributed by atoms with Crippen molar-refractivity contribution in [2.75, 3.05) is 0 Å². The first kappa shape index (κ1) is 22.9. The fourth-order valence-corrected chi connectivity index (χ4v) is 8.15. The molecule has 0 spiro atoms. The Morgan fingerprint density at radius 1 is 0.512 bits per heavy atom. The summed E-state index contributed by atoms with van der Waals surface area (Å²) in [7, 11) is 0. The lowest BCUT2D eigenvalue weighted by Crippen LogP contribution is -1.87. The highest BCUT2D eigenvalue weighted by Crippen LogP contribution is 2.47. The smallest absolute Gasteiger partial charge is 0.182 e. The Bertz CT molecular complexity index is 2380. The summed E-state index contributed by atoms with van der Waals surface area (Å²) >= 11 is 3.65. The van der Waals surface area contributed by atoms with Crippen LogP contribution in [-0.4, -0.2) is 19.6 Å². The predicted octanol–water partition coefficient (Wildman–Crippen LogP) is 9.86. The fraction of sp³-hybridized carbons (Fsp3) is 0. The van der Waals surface area contributed by atoms with E-state index in [1.54, 1.807) is 15.9 Å². The van der Waals surface area contributed by atoms with Gasteiger partial charge in [-0.25, -0.2) is 14.5 Å². The normalized spacial score (nSPS) is 11.9. The number of aromatic nitrogens is 4. The van der Waals surface area contributed by atoms with Crippen LogP contribution in [0.2, 0.25) is 0 Å². The van der Waals surface area contributed by atoms with E-state index in [9.17, 15) is 0 Å². The highest BCUT2D eigenvalue weighted by molar-refractivity contribution is 7.29. The minimum atomic E-state index is 0.729. The second-order valence-corrected chi connectivity index (χ2v) is 12.2. The zero-order chi connectivity index (χ0) is 26.9. The maximum atomic E-state index is 5.31. The number of rotatable bonds is 3. The Kier molecular flexibility index (Phi) is 4.90. The molecule has 5 heterocycles. The molecule has 9 rings (SSSR count). The van der Waals surface area contributed by atoms with Crippen LogP contribution in [0, 0.1) is 0 Å². The van der Waals surface area contributed by atoms with Gasteiger partial charge < -0.3 is 0 Å². The topological polar surface area (TPSA) is 43.1 Å². The Labute approximate surface area is 242 Å². The van der Waals surface area contributed by atoms with Gasteiger partial charge in [-0.2, -0.15) is 0 Å². The Balaban J connectivity index is 1.15. The molecule has 0 saturated heterocycles. The van der Waals surface area contributed by atoms with E-state index < -0.39 is 0 Å². The van der Waals surface area contributed by atoms with Crippen LogP contribution in [0.1, 0.15) is 0 Å². The highest BCUT2D eigenvalue weighted by Gasteiger charge is 2.19. The SMILES string of the molecule is c1ccc2c(c1)sc1c2c(-c2ccc(-c3ccc(-c4nc5ccccn5n4)cc3)cc2)nc2sc3ccccc3c21. The van der Waals surface area contributed by atoms with Crippen LogP contribution in [0.5, 0.6) is 0 Å². The number of hydrogen-bond donors (Lipinski definition) is 0. The summed E-state index contributed by atoms with van der Waals surface area (Å²) in [6.07, 6.45) is 1.92. The van der Waals surface area contributed by atoms with Crippen molar-refractivity contribution in [3.8, 4) is 33.8 Å². The number of pyridine rings is 2. The number of thiophene rings is 2. The standard InChI is InChI=1S/C35H20N4S2/c1-3-9-27-25(7-1)30-32(37-35-31(33(30)40-27)26-8-2-4-10-28(26)41-35)23-16-12-21(13-17-23)22-14-18-24(19-15-22)34-36-29-11-5-6-20-39(29)38-34/h1-20H. The van der Waals surface area contributed by atoms with E-state index in [4.69, 9.17) is 4.98 Å². The van der Waals surface area contributed by atoms with Gasteiger partial charge in [-0.3, -0.25) is 0 Å². The van der Waals surface area contributed by atoms with Crippen LogP contribution < -0.4 is 0 Å². The van der Waals surface area contributed by atoms with E-state index in [1.807, 2.05) is 35.7 Å². The molecule has 9 aromatic rings. The molecule has 4 aromatic carbocycles. The molecule has 5 aromatic heterocycles. The molecule has 0 aliphatic carbocycles. The number of hydrogen-bond acceptors (Lipinski definition) is 5. The van der Waals surface area contributed by atoms with E-state index in [1.165, 1.54) is 35.6 Å². The van der Waals surface area contributed by atoms with Crippen LogP contribution in [-0.2, 0) is 0 Å². The Morgan fingerprint density at radius 2 is 1.12 bits per heavy atom. The maximum Gasteiger partial charge on any atom is 0.182 e. The van der Waals surface area contributed by atoms with Crippen molar-refractivity contribution in [3.05, 3.63) is 121 Å². The number of fused-ring (bicyclic) bond motifs is 8. The molecule has 0 atom stereocenters. The average Bonchev–Trinajstić information content (AvgIpc) is 3.74. The van der Waals surface area contributed by atoms with Gasteiger partial charge in [0.05, 0.1) is 5.69 Å². The zero-order valence-electron chi connectivity index (χ0n) is 21.7. The third kappa shape index (κ3) is 3.55. The molecule has 41 heavy (non-hydrogen) atoms. The summed E-state index contributed by atoms with van der Waals surface area (Å²) in [5.41, 5.74) is 6.35. The summed E-state index contributed by atoms with van der Waals surface area (Å²) in [6.45, 7) is 0. The summed E-state index contributed by atoms with van der Waals surface area (Å²) in [5.74, 6) is 0.729. The van der Waals surface area contributed by atoms with E-state index in [0.717, 1.165) is 44.2 Å². The minimum absolute atomic E-state index is 0.729. The molecule has 4 nitrogen and oxygen atoms in total. The second-order valence-electron chi connectivity index (χ2n) is 10.1. The molecular formula is C35H20N4S2. The first-order valence-electron chi connectivity index (χ1n) is 13.5. The van der Waals surface area contributed by atoms with E-state index in [2.05, 4.69) is 107 Å². The van der Waals surface area contributed by atoms with Crippen molar-refractivity contribution in [3.63, 3.8) is 0 Å². The van der Waals surface area contributed by atoms with Gasteiger partial charge in [0, 0.05) is 53.0 Å². The molecule has 0 saturated carbocycles. The lowest BCUT2D eigenvalue weighted by atomic mass is 9.99. The van der Waals surface area contributed by atoms with Gasteiger partial charge in [-0.15, -0.1) is 27.8 Å². The van der Waals surface area contributed by atoms with E-state index in [-0.39, 0.29) is 0 Å². The van der Waals surface area contributed by atoms with Crippen LogP contribution in [0.3, 0.4) is 0 Å². The molecular weight excluding hydrogens is 541 g/mol. The van der Waals surface area contributed by atoms with Crippen LogP contribution >= 0.6 is 22.7 Å². The molecule has 192 valence electrons. The summed E-state index contributed by atoms with van der Waals surface area (Å²) in [6, 6.07) is 40.5. The van der Waals surface area contributed by atoms with Gasteiger partial charge in [0.2, 0.25) is 0 Å². The Morgan fingerprint density at radius 3 is 1.85 bits per heavy atom. The van der Waals surface area contributed by atoms with Crippen LogP contribution in [0.25, 0.3) is 79.9 Å². The predicted molar refractivity (Wildman–Crippen MR) is 173 cm³/mol. The van der Waals surface area contributed by atoms with Crippen molar-refractivity contribution in [1.29, 1.82) is 0 Å². The molecule has 0 aliphatic heterocycles. The molecule has 0 radical (unpaired) electrons. The van der Waals surface area contributed by atoms with Gasteiger partial charge in [0.15, 0.2) is 11.5 Å². The van der Waals surface area contributed by atoms with Crippen molar-refractivity contribution in [1.82, 2.24) is 19.6 Å². The van der Waals surface area contributed by atoms with Gasteiger partial charge in [-0.05, 0) is 35.4 Å². The third-order valence-electron chi connectivity index (χ3n) is 7.73. The van der Waals surface area contributed by atoms with Crippen molar-refractivity contribution >= 4 is 68.8 Å². The van der Waals surface area contributed by atoms with Crippen LogP contribution in [0.4, 0.5) is 0 Å². The summed E-state index contributed by atoms with van der Waals surface area (Å²) in [5, 5.41) is 9.70. The van der Waals surface area contributed by atoms with Gasteiger partial charge >= 0.3 is 0 Å². The van der Waals surface area contributed by atoms with Crippen LogP contribution in [0.15, 0.2) is 121 Å². The third-order valence-corrected chi connectivity index (χ3v) is 9.98.